The Bertz CT molecular complexity index is 2570. The van der Waals surface area contributed by atoms with Crippen LogP contribution in [0.1, 0.15) is 57.7 Å². The number of nitrogens with zero attached hydrogens (tertiary/aromatic N) is 9. The number of methoxy groups -OCH3 is 1. The van der Waals surface area contributed by atoms with Crippen molar-refractivity contribution in [1.82, 2.24) is 10.2 Å². The molecule has 2 aromatic heterocycles. The zero-order valence-corrected chi connectivity index (χ0v) is 39.8. The van der Waals surface area contributed by atoms with E-state index in [1.54, 1.807) is 34.7 Å². The molecule has 0 saturated carbocycles. The van der Waals surface area contributed by atoms with Crippen LogP contribution in [0.2, 0.25) is 0 Å². The van der Waals surface area contributed by atoms with E-state index in [-0.39, 0.29) is 48.7 Å². The SMILES string of the molecule is COc1cc(N=Nc2sc(N(C(C)C)C(C)C)n[n+]2C)c(NC(C)=O)cc1Nc1ccc(Cc2ccc(Nc3ccc(NC(C)=O)c(N=Nc4sc(C)n[n+]4C)c3)cc2)cc1.[Cl-].[Cl-]. The largest absolute Gasteiger partial charge is 1.00 e. The molecule has 0 atom stereocenters. The lowest BCUT2D eigenvalue weighted by Gasteiger charge is -2.28. The van der Waals surface area contributed by atoms with Gasteiger partial charge in [-0.3, -0.25) is 9.59 Å². The second kappa shape index (κ2) is 22.3. The molecule has 20 heteroatoms. The van der Waals surface area contributed by atoms with Crippen LogP contribution in [0.15, 0.2) is 99.3 Å². The maximum absolute atomic E-state index is 12.3. The van der Waals surface area contributed by atoms with Crippen LogP contribution in [-0.2, 0) is 30.1 Å². The minimum absolute atomic E-state index is 0. The van der Waals surface area contributed by atoms with Gasteiger partial charge in [-0.25, -0.2) is 0 Å². The van der Waals surface area contributed by atoms with Crippen LogP contribution in [-0.4, -0.2) is 41.2 Å². The highest BCUT2D eigenvalue weighted by Crippen LogP contribution is 2.40. The van der Waals surface area contributed by atoms with Gasteiger partial charge in [-0.1, -0.05) is 34.5 Å². The van der Waals surface area contributed by atoms with Gasteiger partial charge in [0.1, 0.15) is 36.2 Å². The van der Waals surface area contributed by atoms with E-state index in [4.69, 9.17) is 4.74 Å². The molecule has 4 aromatic carbocycles. The summed E-state index contributed by atoms with van der Waals surface area (Å²) < 4.78 is 9.13. The Morgan fingerprint density at radius 3 is 1.70 bits per heavy atom. The summed E-state index contributed by atoms with van der Waals surface area (Å²) >= 11 is 2.88. The number of carbonyl (C=O) groups is 2. The number of anilines is 7. The van der Waals surface area contributed by atoms with E-state index in [0.717, 1.165) is 44.7 Å². The first-order valence-corrected chi connectivity index (χ1v) is 21.2. The van der Waals surface area contributed by atoms with Crippen molar-refractivity contribution in [2.75, 3.05) is 33.3 Å². The molecule has 0 unspecified atom stereocenters. The van der Waals surface area contributed by atoms with Gasteiger partial charge in [0.25, 0.3) is 0 Å². The summed E-state index contributed by atoms with van der Waals surface area (Å²) in [6.45, 7) is 13.4. The number of aromatic nitrogens is 4. The molecule has 63 heavy (non-hydrogen) atoms. The first-order chi connectivity index (χ1) is 29.1. The van der Waals surface area contributed by atoms with Crippen molar-refractivity contribution in [1.29, 1.82) is 0 Å². The Kier molecular flexibility index (Phi) is 17.6. The maximum atomic E-state index is 12.3. The standard InChI is InChI=1S/C43H49N13O3S2.2ClH/c1-25(2)56(26(3)4)43-53-55(9)42(61-43)51-49-38-24-40(59-10)39(23-36(38)45-28(6)58)47-33-17-13-31(14-18-33)21-30-11-15-32(16-12-30)46-34-19-20-35(44-27(5)57)37(22-34)48-50-41-54(8)52-29(7)60-41;;/h11-20,22-26H,21H2,1-10H3,(H2,45,46,47,48,58);2*1H. The molecule has 6 aromatic rings. The fourth-order valence-electron chi connectivity index (χ4n) is 6.48. The predicted molar refractivity (Wildman–Crippen MR) is 243 cm³/mol. The van der Waals surface area contributed by atoms with Gasteiger partial charge in [-0.2, -0.15) is 0 Å². The summed E-state index contributed by atoms with van der Waals surface area (Å²) in [6.07, 6.45) is 0.729. The van der Waals surface area contributed by atoms with E-state index in [1.165, 1.54) is 36.5 Å². The third kappa shape index (κ3) is 13.2. The molecule has 0 aliphatic carbocycles. The van der Waals surface area contributed by atoms with Gasteiger partial charge >= 0.3 is 10.3 Å². The molecule has 16 nitrogen and oxygen atoms in total. The van der Waals surface area contributed by atoms with Crippen LogP contribution in [0, 0.1) is 6.92 Å². The monoisotopic (exact) mass is 931 g/mol. The maximum Gasteiger partial charge on any atom is 0.431 e. The number of nitrogens with one attached hydrogen (secondary N) is 4. The van der Waals surface area contributed by atoms with Crippen LogP contribution >= 0.6 is 22.7 Å². The van der Waals surface area contributed by atoms with Crippen LogP contribution in [0.3, 0.4) is 0 Å². The lowest BCUT2D eigenvalue weighted by Crippen LogP contribution is -3.00. The average molecular weight is 933 g/mol. The molecule has 0 aliphatic rings. The number of rotatable bonds is 16. The third-order valence-corrected chi connectivity index (χ3v) is 11.1. The third-order valence-electron chi connectivity index (χ3n) is 9.14. The number of benzene rings is 4. The second-order valence-electron chi connectivity index (χ2n) is 14.8. The molecule has 0 spiro atoms. The molecular weight excluding hydrogens is 882 g/mol. The summed E-state index contributed by atoms with van der Waals surface area (Å²) in [4.78, 5) is 26.4. The van der Waals surface area contributed by atoms with Crippen LogP contribution < -0.4 is 65.1 Å². The molecule has 0 aliphatic heterocycles. The molecule has 4 N–H and O–H groups in total. The Hall–Kier alpha value is -6.08. The number of hydrogen-bond donors (Lipinski definition) is 4. The quantitative estimate of drug-likeness (QED) is 0.0832. The smallest absolute Gasteiger partial charge is 0.431 e. The Morgan fingerprint density at radius 2 is 1.17 bits per heavy atom. The molecule has 2 heterocycles. The Balaban J connectivity index is 0.00000436. The predicted octanol–water partition coefficient (Wildman–Crippen LogP) is 4.02. The topological polar surface area (TPSA) is 178 Å². The van der Waals surface area contributed by atoms with Gasteiger partial charge in [-0.15, -0.1) is 9.36 Å². The minimum Gasteiger partial charge on any atom is -1.00 e. The zero-order valence-electron chi connectivity index (χ0n) is 36.7. The highest BCUT2D eigenvalue weighted by molar-refractivity contribution is 7.18. The summed E-state index contributed by atoms with van der Waals surface area (Å²) in [6, 6.07) is 26.0. The highest BCUT2D eigenvalue weighted by Gasteiger charge is 2.25. The van der Waals surface area contributed by atoms with Crippen LogP contribution in [0.25, 0.3) is 0 Å². The van der Waals surface area contributed by atoms with E-state index in [0.29, 0.717) is 44.4 Å². The van der Waals surface area contributed by atoms with Crippen LogP contribution in [0.5, 0.6) is 5.75 Å². The molecule has 0 radical (unpaired) electrons. The van der Waals surface area contributed by atoms with Crippen molar-refractivity contribution in [3.8, 4) is 5.75 Å². The molecule has 2 amide bonds. The fourth-order valence-corrected chi connectivity index (χ4v) is 8.27. The molecule has 6 rings (SSSR count). The summed E-state index contributed by atoms with van der Waals surface area (Å²) in [5.41, 5.74) is 7.45. The molecular formula is C43H51Cl2N13O3S2. The van der Waals surface area contributed by atoms with Crippen molar-refractivity contribution >= 4 is 95.4 Å². The number of azo groups is 2. The highest BCUT2D eigenvalue weighted by atomic mass is 35.5. The molecule has 332 valence electrons. The number of aryl methyl sites for hydroxylation is 3. The van der Waals surface area contributed by atoms with Crippen LogP contribution in [0.4, 0.5) is 60.9 Å². The number of amides is 2. The first-order valence-electron chi connectivity index (χ1n) is 19.6. The van der Waals surface area contributed by atoms with Gasteiger partial charge in [0.05, 0.1) is 34.4 Å². The number of ether oxygens (including phenoxy) is 1. The minimum atomic E-state index is -0.238. The molecule has 0 saturated heterocycles. The van der Waals surface area contributed by atoms with Gasteiger partial charge in [0, 0.05) is 49.1 Å². The average Bonchev–Trinajstić information content (AvgIpc) is 3.73. The van der Waals surface area contributed by atoms with E-state index in [2.05, 4.69) is 109 Å². The lowest BCUT2D eigenvalue weighted by atomic mass is 10.0. The van der Waals surface area contributed by atoms with E-state index in [1.807, 2.05) is 57.4 Å². The van der Waals surface area contributed by atoms with Gasteiger partial charge < -0.3 is 55.7 Å². The van der Waals surface area contributed by atoms with Crippen molar-refractivity contribution < 1.29 is 48.5 Å². The summed E-state index contributed by atoms with van der Waals surface area (Å²) in [7, 11) is 5.24. The van der Waals surface area contributed by atoms with E-state index in [9.17, 15) is 9.59 Å². The van der Waals surface area contributed by atoms with E-state index >= 15 is 0 Å². The van der Waals surface area contributed by atoms with Gasteiger partial charge in [-0.05, 0) is 134 Å². The van der Waals surface area contributed by atoms with Gasteiger partial charge in [0.15, 0.2) is 0 Å². The van der Waals surface area contributed by atoms with E-state index < -0.39 is 0 Å². The van der Waals surface area contributed by atoms with Crippen molar-refractivity contribution in [3.05, 3.63) is 95.0 Å². The van der Waals surface area contributed by atoms with Crippen molar-refractivity contribution in [3.63, 3.8) is 0 Å². The van der Waals surface area contributed by atoms with Crippen molar-refractivity contribution in [2.45, 2.75) is 67.0 Å². The summed E-state index contributed by atoms with van der Waals surface area (Å²) in [5.74, 6) is 0.0972. The van der Waals surface area contributed by atoms with Crippen molar-refractivity contribution in [2.24, 2.45) is 34.6 Å². The zero-order chi connectivity index (χ0) is 43.8. The normalized spacial score (nSPS) is 11.1. The summed E-state index contributed by atoms with van der Waals surface area (Å²) in [5, 5.41) is 42.4. The van der Waals surface area contributed by atoms with Gasteiger partial charge in [0.2, 0.25) is 16.9 Å². The number of carbonyl (C=O) groups excluding carboxylic acids is 2. The number of halogens is 2. The Labute approximate surface area is 387 Å². The molecule has 0 fully saturated rings. The Morgan fingerprint density at radius 1 is 0.667 bits per heavy atom. The fraction of sp³-hybridized carbons (Fsp3) is 0.302. The molecule has 0 bridgehead atoms. The second-order valence-corrected chi connectivity index (χ2v) is 16.9. The first kappa shape index (κ1) is 49.6. The lowest BCUT2D eigenvalue weighted by molar-refractivity contribution is -0.714. The number of hydrogen-bond acceptors (Lipinski definition) is 14.